The summed E-state index contributed by atoms with van der Waals surface area (Å²) in [7, 11) is 0. The van der Waals surface area contributed by atoms with Crippen LogP contribution in [0.25, 0.3) is 0 Å². The van der Waals surface area contributed by atoms with Gasteiger partial charge < -0.3 is 35.0 Å². The van der Waals surface area contributed by atoms with E-state index in [1.54, 1.807) is 32.9 Å². The average molecular weight is 470 g/mol. The van der Waals surface area contributed by atoms with Crippen LogP contribution in [0.1, 0.15) is 52.4 Å². The van der Waals surface area contributed by atoms with Crippen molar-refractivity contribution >= 4 is 11.8 Å². The van der Waals surface area contributed by atoms with Crippen molar-refractivity contribution in [2.75, 3.05) is 0 Å². The first-order chi connectivity index (χ1) is 16.0. The monoisotopic (exact) mass is 470 g/mol. The van der Waals surface area contributed by atoms with E-state index in [0.717, 1.165) is 0 Å². The molecule has 1 saturated heterocycles. The molecule has 1 heterocycles. The van der Waals surface area contributed by atoms with Crippen molar-refractivity contribution in [3.63, 3.8) is 0 Å². The SMILES string of the molecule is CC(C)=CC(=O)O[C@@H]1[C@@H](O)[C@@H]([C@H]2c3cccc(O)c3C(=O)c3c(O)cc(C)cc32)O[C@H](O)[C@@H]1O. The molecule has 2 aromatic carbocycles. The highest BCUT2D eigenvalue weighted by atomic mass is 16.6. The number of ether oxygens (including phenoxy) is 2. The molecule has 0 aromatic heterocycles. The van der Waals surface area contributed by atoms with Gasteiger partial charge in [0.25, 0.3) is 0 Å². The predicted octanol–water partition coefficient (Wildman–Crippen LogP) is 1.40. The number of aliphatic hydroxyl groups excluding tert-OH is 3. The third-order valence-electron chi connectivity index (χ3n) is 6.08. The van der Waals surface area contributed by atoms with E-state index in [1.807, 2.05) is 0 Å². The number of aryl methyl sites for hydroxylation is 1. The minimum Gasteiger partial charge on any atom is -0.507 e. The third-order valence-corrected chi connectivity index (χ3v) is 6.08. The lowest BCUT2D eigenvalue weighted by Gasteiger charge is -2.44. The van der Waals surface area contributed by atoms with Crippen LogP contribution in [0.4, 0.5) is 0 Å². The zero-order valence-electron chi connectivity index (χ0n) is 18.8. The normalized spacial score (nSPS) is 28.0. The van der Waals surface area contributed by atoms with Gasteiger partial charge in [-0.05, 0) is 49.6 Å². The predicted molar refractivity (Wildman–Crippen MR) is 118 cm³/mol. The Morgan fingerprint density at radius 1 is 1.00 bits per heavy atom. The largest absolute Gasteiger partial charge is 0.507 e. The smallest absolute Gasteiger partial charge is 0.331 e. The van der Waals surface area contributed by atoms with Gasteiger partial charge in [-0.1, -0.05) is 23.8 Å². The number of fused-ring (bicyclic) bond motifs is 2. The number of carbonyl (C=O) groups excluding carboxylic acids is 2. The van der Waals surface area contributed by atoms with Gasteiger partial charge >= 0.3 is 5.97 Å². The molecule has 0 radical (unpaired) electrons. The first-order valence-corrected chi connectivity index (χ1v) is 10.8. The summed E-state index contributed by atoms with van der Waals surface area (Å²) in [6, 6.07) is 7.45. The van der Waals surface area contributed by atoms with Crippen molar-refractivity contribution in [2.45, 2.75) is 57.4 Å². The van der Waals surface area contributed by atoms with Gasteiger partial charge in [-0.15, -0.1) is 0 Å². The summed E-state index contributed by atoms with van der Waals surface area (Å²) in [5.41, 5.74) is 1.71. The second-order valence-electron chi connectivity index (χ2n) is 8.89. The fourth-order valence-electron chi connectivity index (χ4n) is 4.69. The first kappa shape index (κ1) is 23.9. The molecule has 2 aliphatic rings. The summed E-state index contributed by atoms with van der Waals surface area (Å²) >= 11 is 0. The van der Waals surface area contributed by atoms with Gasteiger partial charge in [-0.2, -0.15) is 0 Å². The van der Waals surface area contributed by atoms with E-state index in [-0.39, 0.29) is 22.6 Å². The maximum atomic E-state index is 13.2. The molecule has 0 unspecified atom stereocenters. The molecule has 0 spiro atoms. The Balaban J connectivity index is 1.86. The topological polar surface area (TPSA) is 154 Å². The number of allylic oxidation sites excluding steroid dienone is 1. The Morgan fingerprint density at radius 3 is 2.35 bits per heavy atom. The fraction of sp³-hybridized carbons (Fsp3) is 0.360. The van der Waals surface area contributed by atoms with E-state index in [9.17, 15) is 35.1 Å². The van der Waals surface area contributed by atoms with Crippen LogP contribution in [0.3, 0.4) is 0 Å². The molecule has 0 saturated carbocycles. The summed E-state index contributed by atoms with van der Waals surface area (Å²) in [4.78, 5) is 25.4. The average Bonchev–Trinajstić information content (AvgIpc) is 2.73. The van der Waals surface area contributed by atoms with E-state index in [2.05, 4.69) is 0 Å². The molecular formula is C25H26O9. The molecule has 0 bridgehead atoms. The lowest BCUT2D eigenvalue weighted by atomic mass is 9.71. The van der Waals surface area contributed by atoms with E-state index >= 15 is 0 Å². The van der Waals surface area contributed by atoms with Crippen molar-refractivity contribution < 1.29 is 44.6 Å². The van der Waals surface area contributed by atoms with Crippen molar-refractivity contribution in [1.82, 2.24) is 0 Å². The molecule has 5 N–H and O–H groups in total. The zero-order valence-corrected chi connectivity index (χ0v) is 18.8. The molecular weight excluding hydrogens is 444 g/mol. The third kappa shape index (κ3) is 3.97. The number of hydrogen-bond acceptors (Lipinski definition) is 9. The second-order valence-corrected chi connectivity index (χ2v) is 8.89. The summed E-state index contributed by atoms with van der Waals surface area (Å²) in [5.74, 6) is -3.01. The summed E-state index contributed by atoms with van der Waals surface area (Å²) in [6.45, 7) is 5.05. The van der Waals surface area contributed by atoms with Crippen LogP contribution in [0.5, 0.6) is 11.5 Å². The quantitative estimate of drug-likeness (QED) is 0.331. The summed E-state index contributed by atoms with van der Waals surface area (Å²) in [6.07, 6.45) is -6.86. The number of hydrogen-bond donors (Lipinski definition) is 5. The van der Waals surface area contributed by atoms with Gasteiger partial charge in [-0.25, -0.2) is 4.79 Å². The van der Waals surface area contributed by atoms with Crippen molar-refractivity contribution in [3.05, 3.63) is 69.8 Å². The Bertz CT molecular complexity index is 1180. The molecule has 6 atom stereocenters. The maximum Gasteiger partial charge on any atom is 0.331 e. The van der Waals surface area contributed by atoms with Gasteiger partial charge in [0.15, 0.2) is 12.4 Å². The van der Waals surface area contributed by atoms with Crippen LogP contribution in [-0.2, 0) is 14.3 Å². The lowest BCUT2D eigenvalue weighted by Crippen LogP contribution is -2.60. The standard InChI is InChI=1S/C25H26O9/c1-10(2)7-16(28)33-24-21(30)23(34-25(32)22(24)31)17-12-5-4-6-14(26)18(12)20(29)19-13(17)8-11(3)9-15(19)27/h4-9,17,21-27,30-32H,1-3H3/t17-,21-,22+,23+,24+,25-/m0/s1. The molecule has 9 heteroatoms. The second kappa shape index (κ2) is 8.84. The van der Waals surface area contributed by atoms with E-state index in [0.29, 0.717) is 22.3 Å². The van der Waals surface area contributed by atoms with Crippen LogP contribution in [-0.4, -0.2) is 68.0 Å². The highest BCUT2D eigenvalue weighted by Gasteiger charge is 2.52. The molecule has 9 nitrogen and oxygen atoms in total. The Labute approximate surface area is 195 Å². The van der Waals surface area contributed by atoms with Crippen LogP contribution in [0, 0.1) is 6.92 Å². The molecule has 1 aliphatic carbocycles. The Kier molecular flexibility index (Phi) is 6.22. The number of aromatic hydroxyl groups is 2. The van der Waals surface area contributed by atoms with Gasteiger partial charge in [0, 0.05) is 12.0 Å². The van der Waals surface area contributed by atoms with Gasteiger partial charge in [0.05, 0.1) is 11.1 Å². The Hall–Kier alpha value is -3.24. The number of ketones is 1. The minimum absolute atomic E-state index is 0.0703. The summed E-state index contributed by atoms with van der Waals surface area (Å²) < 4.78 is 10.9. The molecule has 4 rings (SSSR count). The number of phenolic OH excluding ortho intramolecular Hbond substituents is 2. The van der Waals surface area contributed by atoms with Gasteiger partial charge in [-0.3, -0.25) is 4.79 Å². The fourth-order valence-corrected chi connectivity index (χ4v) is 4.69. The Morgan fingerprint density at radius 2 is 1.68 bits per heavy atom. The molecule has 34 heavy (non-hydrogen) atoms. The van der Waals surface area contributed by atoms with Crippen molar-refractivity contribution in [1.29, 1.82) is 0 Å². The zero-order chi connectivity index (χ0) is 24.9. The van der Waals surface area contributed by atoms with Crippen LogP contribution in [0.2, 0.25) is 0 Å². The van der Waals surface area contributed by atoms with Gasteiger partial charge in [0.1, 0.15) is 29.8 Å². The number of rotatable bonds is 3. The van der Waals surface area contributed by atoms with Crippen molar-refractivity contribution in [2.24, 2.45) is 0 Å². The van der Waals surface area contributed by atoms with Crippen LogP contribution in [0.15, 0.2) is 42.0 Å². The number of aliphatic hydroxyl groups is 3. The first-order valence-electron chi connectivity index (χ1n) is 10.8. The van der Waals surface area contributed by atoms with E-state index in [1.165, 1.54) is 24.3 Å². The number of carbonyl (C=O) groups is 2. The highest BCUT2D eigenvalue weighted by Crippen LogP contribution is 2.47. The number of phenols is 2. The van der Waals surface area contributed by atoms with E-state index < -0.39 is 48.4 Å². The maximum absolute atomic E-state index is 13.2. The minimum atomic E-state index is -1.82. The number of esters is 1. The molecule has 2 aromatic rings. The molecule has 1 fully saturated rings. The van der Waals surface area contributed by atoms with E-state index in [4.69, 9.17) is 9.47 Å². The summed E-state index contributed by atoms with van der Waals surface area (Å²) in [5, 5.41) is 53.0. The van der Waals surface area contributed by atoms with Crippen LogP contribution >= 0.6 is 0 Å². The van der Waals surface area contributed by atoms with Crippen LogP contribution < -0.4 is 0 Å². The number of benzene rings is 2. The molecule has 180 valence electrons. The van der Waals surface area contributed by atoms with Crippen molar-refractivity contribution in [3.8, 4) is 11.5 Å². The molecule has 1 aliphatic heterocycles. The lowest BCUT2D eigenvalue weighted by molar-refractivity contribution is -0.286. The molecule has 0 amide bonds. The van der Waals surface area contributed by atoms with Gasteiger partial charge in [0.2, 0.25) is 5.78 Å². The highest BCUT2D eigenvalue weighted by molar-refractivity contribution is 6.16.